The molecule has 0 aromatic heterocycles. The van der Waals surface area contributed by atoms with Crippen LogP contribution < -0.4 is 4.72 Å². The Morgan fingerprint density at radius 1 is 1.26 bits per heavy atom. The second kappa shape index (κ2) is 6.16. The number of nitrogens with zero attached hydrogens (tertiary/aromatic N) is 1. The maximum atomic E-state index is 11.8. The fourth-order valence-corrected chi connectivity index (χ4v) is 3.11. The Morgan fingerprint density at radius 2 is 2.05 bits per heavy atom. The van der Waals surface area contributed by atoms with Crippen molar-refractivity contribution in [1.82, 2.24) is 4.72 Å². The number of ether oxygens (including phenoxy) is 1. The van der Waals surface area contributed by atoms with Crippen LogP contribution in [0.1, 0.15) is 25.3 Å². The number of fused-ring (bicyclic) bond motifs is 1. The molecule has 1 aromatic carbocycles. The van der Waals surface area contributed by atoms with Gasteiger partial charge in [-0.2, -0.15) is 0 Å². The van der Waals surface area contributed by atoms with Gasteiger partial charge in [-0.25, -0.2) is 8.42 Å². The predicted molar refractivity (Wildman–Crippen MR) is 73.9 cm³/mol. The van der Waals surface area contributed by atoms with Crippen LogP contribution >= 0.6 is 0 Å². The zero-order chi connectivity index (χ0) is 13.7. The van der Waals surface area contributed by atoms with Gasteiger partial charge in [-0.15, -0.1) is 0 Å². The molecule has 1 aliphatic heterocycles. The molecule has 0 spiro atoms. The topological polar surface area (TPSA) is 67.8 Å². The van der Waals surface area contributed by atoms with Crippen LogP contribution in [0.4, 0.5) is 0 Å². The maximum Gasteiger partial charge on any atom is 0.263 e. The molecule has 0 atom stereocenters. The van der Waals surface area contributed by atoms with Gasteiger partial charge in [-0.1, -0.05) is 19.1 Å². The van der Waals surface area contributed by atoms with Crippen molar-refractivity contribution in [2.24, 2.45) is 4.99 Å². The molecule has 1 N–H and O–H groups in total. The Balaban J connectivity index is 1.99. The molecule has 0 saturated heterocycles. The first kappa shape index (κ1) is 14.0. The fourth-order valence-electron chi connectivity index (χ4n) is 1.86. The van der Waals surface area contributed by atoms with Crippen molar-refractivity contribution in [2.75, 3.05) is 19.8 Å². The third kappa shape index (κ3) is 3.33. The quantitative estimate of drug-likeness (QED) is 0.805. The Labute approximate surface area is 113 Å². The van der Waals surface area contributed by atoms with Crippen molar-refractivity contribution in [1.29, 1.82) is 0 Å². The molecule has 104 valence electrons. The highest BCUT2D eigenvalue weighted by Gasteiger charge is 2.29. The summed E-state index contributed by atoms with van der Waals surface area (Å²) < 4.78 is 31.5. The first-order valence-corrected chi connectivity index (χ1v) is 7.88. The average molecular weight is 282 g/mol. The van der Waals surface area contributed by atoms with Crippen LogP contribution in [-0.2, 0) is 14.8 Å². The highest BCUT2D eigenvalue weighted by Crippen LogP contribution is 2.21. The van der Waals surface area contributed by atoms with Crippen LogP contribution in [0.2, 0.25) is 0 Å². The normalized spacial score (nSPS) is 18.3. The van der Waals surface area contributed by atoms with E-state index in [0.717, 1.165) is 19.4 Å². The molecule has 0 unspecified atom stereocenters. The van der Waals surface area contributed by atoms with Crippen molar-refractivity contribution in [3.63, 3.8) is 0 Å². The largest absolute Gasteiger partial charge is 0.381 e. The lowest BCUT2D eigenvalue weighted by atomic mass is 10.2. The number of hydrogen-bond donors (Lipinski definition) is 1. The van der Waals surface area contributed by atoms with Crippen LogP contribution in [0.25, 0.3) is 0 Å². The number of rotatable bonds is 6. The third-order valence-electron chi connectivity index (χ3n) is 2.73. The SMILES string of the molecule is CCCOCCCN=C1NS(=O)(=O)c2ccccc21. The van der Waals surface area contributed by atoms with Gasteiger partial charge in [-0.05, 0) is 25.0 Å². The monoisotopic (exact) mass is 282 g/mol. The Kier molecular flexibility index (Phi) is 4.55. The van der Waals surface area contributed by atoms with Crippen LogP contribution in [0.15, 0.2) is 34.2 Å². The molecule has 0 aliphatic carbocycles. The van der Waals surface area contributed by atoms with Gasteiger partial charge >= 0.3 is 0 Å². The van der Waals surface area contributed by atoms with Gasteiger partial charge in [0.05, 0.1) is 4.90 Å². The van der Waals surface area contributed by atoms with Gasteiger partial charge < -0.3 is 4.74 Å². The molecule has 1 aliphatic rings. The maximum absolute atomic E-state index is 11.8. The highest BCUT2D eigenvalue weighted by molar-refractivity contribution is 7.90. The summed E-state index contributed by atoms with van der Waals surface area (Å²) in [5.41, 5.74) is 0.650. The summed E-state index contributed by atoms with van der Waals surface area (Å²) in [5.74, 6) is 0.436. The minimum Gasteiger partial charge on any atom is -0.381 e. The lowest BCUT2D eigenvalue weighted by molar-refractivity contribution is 0.134. The van der Waals surface area contributed by atoms with E-state index in [1.54, 1.807) is 24.3 Å². The number of amidine groups is 1. The van der Waals surface area contributed by atoms with Crippen LogP contribution in [0.3, 0.4) is 0 Å². The smallest absolute Gasteiger partial charge is 0.263 e. The summed E-state index contributed by atoms with van der Waals surface area (Å²) in [5, 5.41) is 0. The van der Waals surface area contributed by atoms with Crippen molar-refractivity contribution < 1.29 is 13.2 Å². The van der Waals surface area contributed by atoms with E-state index >= 15 is 0 Å². The van der Waals surface area contributed by atoms with E-state index in [-0.39, 0.29) is 0 Å². The molecular weight excluding hydrogens is 264 g/mol. The Bertz CT molecular complexity index is 567. The first-order chi connectivity index (χ1) is 9.15. The van der Waals surface area contributed by atoms with Crippen molar-refractivity contribution in [2.45, 2.75) is 24.7 Å². The molecule has 1 aromatic rings. The zero-order valence-corrected chi connectivity index (χ0v) is 11.7. The van der Waals surface area contributed by atoms with Gasteiger partial charge in [0.1, 0.15) is 5.84 Å². The van der Waals surface area contributed by atoms with E-state index in [4.69, 9.17) is 4.74 Å². The van der Waals surface area contributed by atoms with Crippen LogP contribution in [0, 0.1) is 0 Å². The average Bonchev–Trinajstić information content (AvgIpc) is 2.66. The van der Waals surface area contributed by atoms with Gasteiger partial charge in [0.25, 0.3) is 10.0 Å². The molecular formula is C13H18N2O3S. The number of benzene rings is 1. The highest BCUT2D eigenvalue weighted by atomic mass is 32.2. The molecule has 0 radical (unpaired) electrons. The van der Waals surface area contributed by atoms with E-state index < -0.39 is 10.0 Å². The number of hydrogen-bond acceptors (Lipinski definition) is 4. The first-order valence-electron chi connectivity index (χ1n) is 6.39. The number of sulfonamides is 1. The van der Waals surface area contributed by atoms with Gasteiger partial charge in [0, 0.05) is 25.3 Å². The fraction of sp³-hybridized carbons (Fsp3) is 0.462. The second-order valence-corrected chi connectivity index (χ2v) is 5.95. The van der Waals surface area contributed by atoms with Crippen molar-refractivity contribution >= 4 is 15.9 Å². The zero-order valence-electron chi connectivity index (χ0n) is 10.9. The Hall–Kier alpha value is -1.40. The lowest BCUT2D eigenvalue weighted by Crippen LogP contribution is -2.22. The van der Waals surface area contributed by atoms with E-state index in [0.29, 0.717) is 29.4 Å². The van der Waals surface area contributed by atoms with E-state index in [2.05, 4.69) is 16.6 Å². The molecule has 0 amide bonds. The summed E-state index contributed by atoms with van der Waals surface area (Å²) in [6.07, 6.45) is 1.79. The lowest BCUT2D eigenvalue weighted by Gasteiger charge is -2.01. The summed E-state index contributed by atoms with van der Waals surface area (Å²) in [4.78, 5) is 4.61. The standard InChI is InChI=1S/C13H18N2O3S/c1-2-9-18-10-5-8-14-13-11-6-3-4-7-12(11)19(16,17)15-13/h3-4,6-7H,2,5,8-10H2,1H3,(H,14,15). The minimum atomic E-state index is -3.42. The van der Waals surface area contributed by atoms with Crippen LogP contribution in [0.5, 0.6) is 0 Å². The molecule has 6 heteroatoms. The predicted octanol–water partition coefficient (Wildman–Crippen LogP) is 1.54. The summed E-state index contributed by atoms with van der Waals surface area (Å²) in [6, 6.07) is 6.87. The molecule has 2 rings (SSSR count). The number of nitrogens with one attached hydrogen (secondary N) is 1. The van der Waals surface area contributed by atoms with E-state index in [1.807, 2.05) is 0 Å². The van der Waals surface area contributed by atoms with Crippen molar-refractivity contribution in [3.8, 4) is 0 Å². The van der Waals surface area contributed by atoms with Crippen molar-refractivity contribution in [3.05, 3.63) is 29.8 Å². The van der Waals surface area contributed by atoms with E-state index in [1.165, 1.54) is 0 Å². The Morgan fingerprint density at radius 3 is 2.84 bits per heavy atom. The number of aliphatic imine (C=N–C) groups is 1. The van der Waals surface area contributed by atoms with Gasteiger partial charge in [0.15, 0.2) is 0 Å². The summed E-state index contributed by atoms with van der Waals surface area (Å²) >= 11 is 0. The van der Waals surface area contributed by atoms with Gasteiger partial charge in [-0.3, -0.25) is 9.71 Å². The van der Waals surface area contributed by atoms with Gasteiger partial charge in [0.2, 0.25) is 0 Å². The summed E-state index contributed by atoms with van der Waals surface area (Å²) in [6.45, 7) is 4.02. The second-order valence-electron chi connectivity index (χ2n) is 4.30. The molecule has 5 nitrogen and oxygen atoms in total. The molecule has 0 fully saturated rings. The minimum absolute atomic E-state index is 0.302. The molecule has 0 bridgehead atoms. The third-order valence-corrected chi connectivity index (χ3v) is 4.13. The van der Waals surface area contributed by atoms with Crippen LogP contribution in [-0.4, -0.2) is 34.0 Å². The van der Waals surface area contributed by atoms with E-state index in [9.17, 15) is 8.42 Å². The summed E-state index contributed by atoms with van der Waals surface area (Å²) in [7, 11) is -3.42. The molecule has 19 heavy (non-hydrogen) atoms. The molecule has 0 saturated carbocycles. The molecule has 1 heterocycles.